The second-order valence-corrected chi connectivity index (χ2v) is 10.2. The fourth-order valence-corrected chi connectivity index (χ4v) is 5.12. The van der Waals surface area contributed by atoms with Gasteiger partial charge in [0.2, 0.25) is 0 Å². The van der Waals surface area contributed by atoms with Crippen molar-refractivity contribution in [1.82, 2.24) is 9.61 Å². The standard InChI is InChI=1S/C28H30ClFN6O2.CH2O2/c1-2-15-10-25(37)26(38)12-20(15)16-9-24-27(34-19-6-4-18(31)5-7-19)21(13-33-36(24)14-16)28(32)35-23-11-17(30)3-8-22(23)29;2-1-3/h3,8-14,18-19,34,37-38H,2,4-7,31H2,1H3,(H2,32,35);1H,(H,2,3). The second kappa shape index (κ2) is 12.9. The zero-order valence-corrected chi connectivity index (χ0v) is 23.1. The number of nitrogens with zero attached hydrogens (tertiary/aromatic N) is 3. The van der Waals surface area contributed by atoms with E-state index in [1.165, 1.54) is 18.2 Å². The number of aromatic nitrogens is 2. The van der Waals surface area contributed by atoms with E-state index in [1.54, 1.807) is 22.8 Å². The first kappa shape index (κ1) is 29.6. The number of carbonyl (C=O) groups is 1. The van der Waals surface area contributed by atoms with Crippen molar-refractivity contribution in [3.05, 3.63) is 70.8 Å². The molecule has 0 radical (unpaired) electrons. The van der Waals surface area contributed by atoms with Gasteiger partial charge in [-0.2, -0.15) is 5.10 Å². The molecule has 2 aromatic heterocycles. The molecular weight excluding hydrogens is 551 g/mol. The highest BCUT2D eigenvalue weighted by molar-refractivity contribution is 6.33. The fourth-order valence-electron chi connectivity index (χ4n) is 4.96. The molecule has 0 amide bonds. The van der Waals surface area contributed by atoms with Gasteiger partial charge in [-0.25, -0.2) is 13.9 Å². The Bertz CT molecular complexity index is 1580. The Balaban J connectivity index is 0.00000124. The van der Waals surface area contributed by atoms with E-state index in [0.717, 1.165) is 53.6 Å². The van der Waals surface area contributed by atoms with Crippen molar-refractivity contribution in [3.8, 4) is 22.6 Å². The molecule has 2 aromatic carbocycles. The Labute approximate surface area is 241 Å². The first-order chi connectivity index (χ1) is 19.6. The van der Waals surface area contributed by atoms with Crippen LogP contribution >= 0.6 is 11.6 Å². The number of aliphatic imine (C=N–C) groups is 1. The predicted octanol–water partition coefficient (Wildman–Crippen LogP) is 5.19. The normalized spacial score (nSPS) is 17.1. The Morgan fingerprint density at radius 3 is 2.56 bits per heavy atom. The number of carboxylic acid groups (broad SMARTS) is 1. The van der Waals surface area contributed by atoms with Crippen molar-refractivity contribution in [2.45, 2.75) is 51.1 Å². The highest BCUT2D eigenvalue weighted by Crippen LogP contribution is 2.37. The number of benzene rings is 2. The molecule has 2 heterocycles. The molecule has 8 N–H and O–H groups in total. The van der Waals surface area contributed by atoms with Crippen molar-refractivity contribution < 1.29 is 24.5 Å². The van der Waals surface area contributed by atoms with Crippen molar-refractivity contribution in [2.75, 3.05) is 5.32 Å². The summed E-state index contributed by atoms with van der Waals surface area (Å²) in [7, 11) is 0. The molecule has 1 saturated carbocycles. The number of hydrogen-bond donors (Lipinski definition) is 6. The number of aromatic hydroxyl groups is 2. The largest absolute Gasteiger partial charge is 0.504 e. The molecule has 0 spiro atoms. The summed E-state index contributed by atoms with van der Waals surface area (Å²) >= 11 is 6.24. The Morgan fingerprint density at radius 1 is 1.20 bits per heavy atom. The first-order valence-electron chi connectivity index (χ1n) is 13.1. The maximum absolute atomic E-state index is 13.9. The molecule has 41 heavy (non-hydrogen) atoms. The summed E-state index contributed by atoms with van der Waals surface area (Å²) in [5, 5.41) is 35.6. The van der Waals surface area contributed by atoms with Gasteiger partial charge in [0.15, 0.2) is 11.5 Å². The molecule has 1 aliphatic rings. The number of nitrogens with two attached hydrogens (primary N) is 2. The molecule has 0 atom stereocenters. The maximum atomic E-state index is 13.9. The number of phenols is 2. The second-order valence-electron chi connectivity index (χ2n) is 9.80. The summed E-state index contributed by atoms with van der Waals surface area (Å²) in [5.74, 6) is -0.678. The molecule has 10 nitrogen and oxygen atoms in total. The quantitative estimate of drug-likeness (QED) is 0.0780. The van der Waals surface area contributed by atoms with Gasteiger partial charge in [-0.3, -0.25) is 4.79 Å². The zero-order chi connectivity index (χ0) is 29.7. The Morgan fingerprint density at radius 2 is 1.88 bits per heavy atom. The van der Waals surface area contributed by atoms with Crippen LogP contribution in [0.4, 0.5) is 15.8 Å². The summed E-state index contributed by atoms with van der Waals surface area (Å²) in [4.78, 5) is 12.8. The zero-order valence-electron chi connectivity index (χ0n) is 22.4. The van der Waals surface area contributed by atoms with E-state index >= 15 is 0 Å². The van der Waals surface area contributed by atoms with E-state index in [-0.39, 0.29) is 46.6 Å². The number of fused-ring (bicyclic) bond motifs is 1. The number of halogens is 2. The van der Waals surface area contributed by atoms with Crippen LogP contribution in [0.25, 0.3) is 16.6 Å². The lowest BCUT2D eigenvalue weighted by Gasteiger charge is -2.28. The molecule has 1 aliphatic carbocycles. The van der Waals surface area contributed by atoms with E-state index in [9.17, 15) is 14.6 Å². The molecule has 1 fully saturated rings. The van der Waals surface area contributed by atoms with E-state index in [0.29, 0.717) is 12.0 Å². The number of amidine groups is 1. The van der Waals surface area contributed by atoms with Gasteiger partial charge in [-0.15, -0.1) is 0 Å². The van der Waals surface area contributed by atoms with Gasteiger partial charge in [-0.1, -0.05) is 18.5 Å². The first-order valence-corrected chi connectivity index (χ1v) is 13.5. The summed E-state index contributed by atoms with van der Waals surface area (Å²) in [6.07, 6.45) is 7.78. The van der Waals surface area contributed by atoms with Crippen LogP contribution in [0.3, 0.4) is 0 Å². The smallest absolute Gasteiger partial charge is 0.290 e. The number of aryl methyl sites for hydroxylation is 1. The summed E-state index contributed by atoms with van der Waals surface area (Å²) in [6, 6.07) is 9.39. The fraction of sp³-hybridized carbons (Fsp3) is 0.276. The van der Waals surface area contributed by atoms with E-state index < -0.39 is 5.82 Å². The minimum atomic E-state index is -0.466. The molecule has 12 heteroatoms. The third kappa shape index (κ3) is 6.69. The average Bonchev–Trinajstić information content (AvgIpc) is 3.38. The number of rotatable bonds is 6. The van der Waals surface area contributed by atoms with Crippen LogP contribution in [-0.2, 0) is 11.2 Å². The molecule has 4 aromatic rings. The van der Waals surface area contributed by atoms with Crippen molar-refractivity contribution >= 4 is 40.8 Å². The molecule has 0 aliphatic heterocycles. The third-order valence-corrected chi connectivity index (χ3v) is 7.39. The van der Waals surface area contributed by atoms with Crippen LogP contribution in [0.5, 0.6) is 11.5 Å². The van der Waals surface area contributed by atoms with E-state index in [1.807, 2.05) is 19.2 Å². The van der Waals surface area contributed by atoms with Gasteiger partial charge in [0.05, 0.1) is 33.7 Å². The SMILES string of the molecule is CCc1cc(O)c(O)cc1-c1cc2c(NC3CCC(N)CC3)c(C(N)=Nc3cc(F)ccc3Cl)cnn2c1.O=CO. The molecular formula is C29H32ClFN6O4. The van der Waals surface area contributed by atoms with Gasteiger partial charge in [0.25, 0.3) is 6.47 Å². The van der Waals surface area contributed by atoms with E-state index in [2.05, 4.69) is 15.4 Å². The molecule has 5 rings (SSSR count). The Kier molecular flexibility index (Phi) is 9.31. The molecule has 216 valence electrons. The van der Waals surface area contributed by atoms with Gasteiger partial charge >= 0.3 is 0 Å². The van der Waals surface area contributed by atoms with Crippen LogP contribution in [0.15, 0.2) is 53.8 Å². The minimum Gasteiger partial charge on any atom is -0.504 e. The number of nitrogens with one attached hydrogen (secondary N) is 1. The summed E-state index contributed by atoms with van der Waals surface area (Å²) in [5.41, 5.74) is 17.4. The lowest BCUT2D eigenvalue weighted by atomic mass is 9.91. The van der Waals surface area contributed by atoms with Crippen molar-refractivity contribution in [3.63, 3.8) is 0 Å². The molecule has 0 bridgehead atoms. The number of anilines is 1. The monoisotopic (exact) mass is 582 g/mol. The molecule has 0 unspecified atom stereocenters. The predicted molar refractivity (Wildman–Crippen MR) is 158 cm³/mol. The number of phenolic OH excluding ortho intramolecular Hbond substituents is 2. The summed E-state index contributed by atoms with van der Waals surface area (Å²) in [6.45, 7) is 1.73. The van der Waals surface area contributed by atoms with Crippen molar-refractivity contribution in [1.29, 1.82) is 0 Å². The lowest BCUT2D eigenvalue weighted by Crippen LogP contribution is -2.33. The minimum absolute atomic E-state index is 0.141. The van der Waals surface area contributed by atoms with Crippen LogP contribution < -0.4 is 16.8 Å². The van der Waals surface area contributed by atoms with Crippen molar-refractivity contribution in [2.24, 2.45) is 16.5 Å². The van der Waals surface area contributed by atoms with Crippen LogP contribution in [0.2, 0.25) is 5.02 Å². The Hall–Kier alpha value is -4.35. The summed E-state index contributed by atoms with van der Waals surface area (Å²) < 4.78 is 15.6. The van der Waals surface area contributed by atoms with Gasteiger partial charge in [0, 0.05) is 29.9 Å². The number of hydrogen-bond acceptors (Lipinski definition) is 7. The highest BCUT2D eigenvalue weighted by atomic mass is 35.5. The average molecular weight is 583 g/mol. The third-order valence-electron chi connectivity index (χ3n) is 7.07. The maximum Gasteiger partial charge on any atom is 0.290 e. The van der Waals surface area contributed by atoms with Gasteiger partial charge in [0.1, 0.15) is 11.7 Å². The highest BCUT2D eigenvalue weighted by Gasteiger charge is 2.23. The lowest BCUT2D eigenvalue weighted by molar-refractivity contribution is -0.122. The van der Waals surface area contributed by atoms with Gasteiger partial charge < -0.3 is 32.1 Å². The van der Waals surface area contributed by atoms with Gasteiger partial charge in [-0.05, 0) is 73.6 Å². The molecule has 0 saturated heterocycles. The van der Waals surface area contributed by atoms with Crippen LogP contribution in [0, 0.1) is 5.82 Å². The van der Waals surface area contributed by atoms with Crippen LogP contribution in [0.1, 0.15) is 43.7 Å². The van der Waals surface area contributed by atoms with E-state index in [4.69, 9.17) is 33.0 Å². The van der Waals surface area contributed by atoms with Crippen LogP contribution in [-0.4, -0.2) is 49.3 Å². The topological polar surface area (TPSA) is 171 Å².